The van der Waals surface area contributed by atoms with Crippen LogP contribution in [0.15, 0.2) is 22.7 Å². The fraction of sp³-hybridized carbons (Fsp3) is 0.500. The fourth-order valence-corrected chi connectivity index (χ4v) is 3.03. The van der Waals surface area contributed by atoms with Crippen molar-refractivity contribution in [1.29, 1.82) is 0 Å². The molecule has 0 bridgehead atoms. The minimum absolute atomic E-state index is 0.199. The normalized spacial score (nSPS) is 20.3. The average Bonchev–Trinajstić information content (AvgIpc) is 2.37. The Morgan fingerprint density at radius 1 is 1.47 bits per heavy atom. The first kappa shape index (κ1) is 14.5. The van der Waals surface area contributed by atoms with E-state index < -0.39 is 0 Å². The van der Waals surface area contributed by atoms with E-state index in [0.717, 1.165) is 31.4 Å². The molecule has 3 nitrogen and oxygen atoms in total. The number of carbonyl (C=O) groups excluding carboxylic acids is 1. The molecule has 1 atom stereocenters. The van der Waals surface area contributed by atoms with Gasteiger partial charge < -0.3 is 4.74 Å². The van der Waals surface area contributed by atoms with Crippen LogP contribution in [0, 0.1) is 5.82 Å². The summed E-state index contributed by atoms with van der Waals surface area (Å²) < 4.78 is 18.9. The number of halogens is 2. The SMILES string of the molecule is COC(=O)[C@H]1CCCCN1Cc1cc(F)cc(Br)c1. The Labute approximate surface area is 120 Å². The molecule has 0 N–H and O–H groups in total. The molecule has 1 saturated heterocycles. The van der Waals surface area contributed by atoms with Crippen molar-refractivity contribution in [1.82, 2.24) is 4.90 Å². The van der Waals surface area contributed by atoms with Gasteiger partial charge in [0, 0.05) is 11.0 Å². The number of hydrogen-bond donors (Lipinski definition) is 0. The van der Waals surface area contributed by atoms with Crippen LogP contribution in [-0.2, 0) is 16.1 Å². The lowest BCUT2D eigenvalue weighted by Crippen LogP contribution is -2.44. The smallest absolute Gasteiger partial charge is 0.323 e. The van der Waals surface area contributed by atoms with E-state index in [-0.39, 0.29) is 17.8 Å². The molecule has 19 heavy (non-hydrogen) atoms. The monoisotopic (exact) mass is 329 g/mol. The number of nitrogens with zero attached hydrogens (tertiary/aromatic N) is 1. The third-order valence-corrected chi connectivity index (χ3v) is 3.85. The Bertz CT molecular complexity index is 447. The van der Waals surface area contributed by atoms with Crippen molar-refractivity contribution in [3.05, 3.63) is 34.1 Å². The molecule has 2 rings (SSSR count). The first-order chi connectivity index (χ1) is 9.10. The van der Waals surface area contributed by atoms with Crippen LogP contribution in [0.3, 0.4) is 0 Å². The summed E-state index contributed by atoms with van der Waals surface area (Å²) in [6.07, 6.45) is 2.90. The Balaban J connectivity index is 2.12. The molecule has 0 aromatic heterocycles. The van der Waals surface area contributed by atoms with Crippen LogP contribution in [0.5, 0.6) is 0 Å². The van der Waals surface area contributed by atoms with Crippen molar-refractivity contribution in [2.24, 2.45) is 0 Å². The zero-order valence-electron chi connectivity index (χ0n) is 10.9. The number of rotatable bonds is 3. The van der Waals surface area contributed by atoms with Crippen LogP contribution in [0.2, 0.25) is 0 Å². The summed E-state index contributed by atoms with van der Waals surface area (Å²) in [4.78, 5) is 13.8. The highest BCUT2D eigenvalue weighted by Crippen LogP contribution is 2.22. The van der Waals surface area contributed by atoms with Gasteiger partial charge >= 0.3 is 5.97 Å². The quantitative estimate of drug-likeness (QED) is 0.798. The summed E-state index contributed by atoms with van der Waals surface area (Å²) in [5, 5.41) is 0. The molecule has 1 aromatic rings. The molecule has 0 spiro atoms. The summed E-state index contributed by atoms with van der Waals surface area (Å²) in [5.74, 6) is -0.467. The van der Waals surface area contributed by atoms with Gasteiger partial charge in [-0.15, -0.1) is 0 Å². The van der Waals surface area contributed by atoms with Gasteiger partial charge in [-0.05, 0) is 43.1 Å². The topological polar surface area (TPSA) is 29.5 Å². The molecule has 5 heteroatoms. The molecule has 1 aliphatic rings. The second-order valence-corrected chi connectivity index (χ2v) is 5.70. The van der Waals surface area contributed by atoms with Crippen molar-refractivity contribution in [3.8, 4) is 0 Å². The average molecular weight is 330 g/mol. The van der Waals surface area contributed by atoms with Gasteiger partial charge in [0.05, 0.1) is 7.11 Å². The Hall–Kier alpha value is -0.940. The van der Waals surface area contributed by atoms with E-state index in [1.807, 2.05) is 6.07 Å². The maximum absolute atomic E-state index is 13.4. The molecule has 0 aliphatic carbocycles. The van der Waals surface area contributed by atoms with Crippen molar-refractivity contribution >= 4 is 21.9 Å². The van der Waals surface area contributed by atoms with Gasteiger partial charge in [-0.25, -0.2) is 4.39 Å². The predicted molar refractivity (Wildman–Crippen MR) is 74.2 cm³/mol. The Morgan fingerprint density at radius 3 is 2.95 bits per heavy atom. The molecule has 0 radical (unpaired) electrons. The lowest BCUT2D eigenvalue weighted by Gasteiger charge is -2.33. The van der Waals surface area contributed by atoms with E-state index in [9.17, 15) is 9.18 Å². The van der Waals surface area contributed by atoms with E-state index in [0.29, 0.717) is 11.0 Å². The second kappa shape index (κ2) is 6.48. The first-order valence-corrected chi connectivity index (χ1v) is 7.16. The largest absolute Gasteiger partial charge is 0.468 e. The van der Waals surface area contributed by atoms with Crippen molar-refractivity contribution < 1.29 is 13.9 Å². The van der Waals surface area contributed by atoms with E-state index >= 15 is 0 Å². The highest BCUT2D eigenvalue weighted by atomic mass is 79.9. The first-order valence-electron chi connectivity index (χ1n) is 6.37. The zero-order chi connectivity index (χ0) is 13.8. The molecule has 1 aliphatic heterocycles. The number of ether oxygens (including phenoxy) is 1. The number of likely N-dealkylation sites (tertiary alicyclic amines) is 1. The maximum Gasteiger partial charge on any atom is 0.323 e. The predicted octanol–water partition coefficient (Wildman–Crippen LogP) is 3.12. The number of esters is 1. The van der Waals surface area contributed by atoms with Gasteiger partial charge in [-0.1, -0.05) is 22.4 Å². The molecule has 0 unspecified atom stereocenters. The summed E-state index contributed by atoms with van der Waals surface area (Å²) >= 11 is 3.29. The summed E-state index contributed by atoms with van der Waals surface area (Å²) in [7, 11) is 1.41. The van der Waals surface area contributed by atoms with Crippen LogP contribution in [-0.4, -0.2) is 30.6 Å². The number of benzene rings is 1. The Morgan fingerprint density at radius 2 is 2.26 bits per heavy atom. The van der Waals surface area contributed by atoms with Gasteiger partial charge in [0.15, 0.2) is 0 Å². The molecule has 1 fully saturated rings. The van der Waals surface area contributed by atoms with Gasteiger partial charge in [0.25, 0.3) is 0 Å². The Kier molecular flexibility index (Phi) is 4.93. The summed E-state index contributed by atoms with van der Waals surface area (Å²) in [6, 6.07) is 4.61. The minimum Gasteiger partial charge on any atom is -0.468 e. The highest BCUT2D eigenvalue weighted by molar-refractivity contribution is 9.10. The maximum atomic E-state index is 13.4. The molecule has 0 amide bonds. The van der Waals surface area contributed by atoms with Crippen molar-refractivity contribution in [2.75, 3.05) is 13.7 Å². The highest BCUT2D eigenvalue weighted by Gasteiger charge is 2.29. The third kappa shape index (κ3) is 3.76. The second-order valence-electron chi connectivity index (χ2n) is 4.78. The molecule has 0 saturated carbocycles. The standard InChI is InChI=1S/C14H17BrFNO2/c1-19-14(18)13-4-2-3-5-17(13)9-10-6-11(15)8-12(16)7-10/h6-8,13H,2-5,9H2,1H3/t13-/m1/s1. The molecule has 1 heterocycles. The fourth-order valence-electron chi connectivity index (χ4n) is 2.52. The molecular formula is C14H17BrFNO2. The summed E-state index contributed by atoms with van der Waals surface area (Å²) in [6.45, 7) is 1.41. The third-order valence-electron chi connectivity index (χ3n) is 3.39. The number of hydrogen-bond acceptors (Lipinski definition) is 3. The van der Waals surface area contributed by atoms with Crippen LogP contribution in [0.4, 0.5) is 4.39 Å². The molecule has 1 aromatic carbocycles. The van der Waals surface area contributed by atoms with Crippen molar-refractivity contribution in [3.63, 3.8) is 0 Å². The van der Waals surface area contributed by atoms with E-state index in [1.165, 1.54) is 19.2 Å². The number of piperidine rings is 1. The van der Waals surface area contributed by atoms with Crippen molar-refractivity contribution in [2.45, 2.75) is 31.8 Å². The van der Waals surface area contributed by atoms with E-state index in [2.05, 4.69) is 20.8 Å². The molecule has 104 valence electrons. The van der Waals surface area contributed by atoms with Crippen LogP contribution in [0.25, 0.3) is 0 Å². The van der Waals surface area contributed by atoms with Crippen LogP contribution >= 0.6 is 15.9 Å². The van der Waals surface area contributed by atoms with Gasteiger partial charge in [0.1, 0.15) is 11.9 Å². The molecular weight excluding hydrogens is 313 g/mol. The van der Waals surface area contributed by atoms with Crippen LogP contribution < -0.4 is 0 Å². The minimum atomic E-state index is -0.268. The van der Waals surface area contributed by atoms with E-state index in [4.69, 9.17) is 4.74 Å². The van der Waals surface area contributed by atoms with Gasteiger partial charge in [0.2, 0.25) is 0 Å². The van der Waals surface area contributed by atoms with Gasteiger partial charge in [-0.2, -0.15) is 0 Å². The lowest BCUT2D eigenvalue weighted by molar-refractivity contribution is -0.148. The van der Waals surface area contributed by atoms with E-state index in [1.54, 1.807) is 0 Å². The number of methoxy groups -OCH3 is 1. The lowest BCUT2D eigenvalue weighted by atomic mass is 10.0. The summed E-state index contributed by atoms with van der Waals surface area (Å²) in [5.41, 5.74) is 0.864. The van der Waals surface area contributed by atoms with Gasteiger partial charge in [-0.3, -0.25) is 9.69 Å². The van der Waals surface area contributed by atoms with Crippen LogP contribution in [0.1, 0.15) is 24.8 Å². The zero-order valence-corrected chi connectivity index (χ0v) is 12.5. The number of carbonyl (C=O) groups is 1.